The Labute approximate surface area is 183 Å². The van der Waals surface area contributed by atoms with Crippen LogP contribution < -0.4 is 10.5 Å². The van der Waals surface area contributed by atoms with E-state index in [4.69, 9.17) is 10.5 Å². The van der Waals surface area contributed by atoms with Crippen molar-refractivity contribution in [2.24, 2.45) is 11.1 Å². The highest BCUT2D eigenvalue weighted by atomic mass is 16.5. The van der Waals surface area contributed by atoms with Crippen LogP contribution in [-0.2, 0) is 6.42 Å². The van der Waals surface area contributed by atoms with E-state index in [0.29, 0.717) is 18.8 Å². The van der Waals surface area contributed by atoms with Crippen LogP contribution in [0.15, 0.2) is 60.8 Å². The Kier molecular flexibility index (Phi) is 5.58. The molecule has 0 bridgehead atoms. The van der Waals surface area contributed by atoms with Crippen LogP contribution >= 0.6 is 0 Å². The number of piperidine rings is 1. The van der Waals surface area contributed by atoms with Gasteiger partial charge in [0.15, 0.2) is 5.69 Å². The SMILES string of the molecule is C.COc1cccc(-n2ccc(C(=O)N3CCC4(CC3)Cc3ccccc3[C@H]4N)n2)c1. The van der Waals surface area contributed by atoms with E-state index < -0.39 is 0 Å². The van der Waals surface area contributed by atoms with Crippen molar-refractivity contribution in [2.45, 2.75) is 32.7 Å². The van der Waals surface area contributed by atoms with E-state index in [1.807, 2.05) is 35.4 Å². The van der Waals surface area contributed by atoms with E-state index in [2.05, 4.69) is 29.4 Å². The maximum Gasteiger partial charge on any atom is 0.274 e. The molecule has 1 atom stereocenters. The molecule has 1 aromatic heterocycles. The zero-order valence-electron chi connectivity index (χ0n) is 17.1. The predicted octanol–water partition coefficient (Wildman–Crippen LogP) is 4.00. The Bertz CT molecular complexity index is 1080. The summed E-state index contributed by atoms with van der Waals surface area (Å²) < 4.78 is 6.99. The standard InChI is InChI=1S/C24H26N4O2.CH4/c1-30-19-7-4-6-18(15-19)28-12-9-21(26-28)23(29)27-13-10-24(11-14-27)16-17-5-2-3-8-20(17)22(24)25;/h2-9,12,15,22H,10-11,13-14,16,25H2,1H3;1H4/t22-;/m1./s1. The number of methoxy groups -OCH3 is 1. The van der Waals surface area contributed by atoms with Crippen LogP contribution in [0.4, 0.5) is 0 Å². The number of rotatable bonds is 3. The lowest BCUT2D eigenvalue weighted by molar-refractivity contribution is 0.0536. The normalized spacial score (nSPS) is 19.0. The van der Waals surface area contributed by atoms with Crippen molar-refractivity contribution >= 4 is 5.91 Å². The van der Waals surface area contributed by atoms with Crippen LogP contribution in [0.1, 0.15) is 47.9 Å². The maximum absolute atomic E-state index is 13.1. The molecule has 2 aliphatic rings. The molecule has 1 aliphatic heterocycles. The number of fused-ring (bicyclic) bond motifs is 1. The number of benzene rings is 2. The number of ether oxygens (including phenoxy) is 1. The van der Waals surface area contributed by atoms with Crippen molar-refractivity contribution in [3.05, 3.63) is 77.6 Å². The van der Waals surface area contributed by atoms with E-state index >= 15 is 0 Å². The molecule has 1 spiro atoms. The molecule has 1 saturated heterocycles. The highest BCUT2D eigenvalue weighted by Gasteiger charge is 2.46. The van der Waals surface area contributed by atoms with Crippen LogP contribution in [0, 0.1) is 5.41 Å². The molecular formula is C25H30N4O2. The summed E-state index contributed by atoms with van der Waals surface area (Å²) in [5.41, 5.74) is 10.7. The van der Waals surface area contributed by atoms with Gasteiger partial charge in [0.2, 0.25) is 0 Å². The number of aromatic nitrogens is 2. The molecule has 3 aromatic rings. The van der Waals surface area contributed by atoms with Gasteiger partial charge < -0.3 is 15.4 Å². The van der Waals surface area contributed by atoms with Gasteiger partial charge in [0.05, 0.1) is 12.8 Å². The maximum atomic E-state index is 13.1. The van der Waals surface area contributed by atoms with Gasteiger partial charge in [0.25, 0.3) is 5.91 Å². The van der Waals surface area contributed by atoms with Gasteiger partial charge >= 0.3 is 0 Å². The summed E-state index contributed by atoms with van der Waals surface area (Å²) >= 11 is 0. The number of amides is 1. The molecule has 162 valence electrons. The fourth-order valence-corrected chi connectivity index (χ4v) is 4.96. The third-order valence-corrected chi connectivity index (χ3v) is 6.76. The first-order chi connectivity index (χ1) is 14.6. The third kappa shape index (κ3) is 3.61. The summed E-state index contributed by atoms with van der Waals surface area (Å²) in [7, 11) is 1.63. The van der Waals surface area contributed by atoms with Crippen LogP contribution in [-0.4, -0.2) is 40.8 Å². The van der Waals surface area contributed by atoms with Crippen LogP contribution in [0.25, 0.3) is 5.69 Å². The number of carbonyl (C=O) groups excluding carboxylic acids is 1. The largest absolute Gasteiger partial charge is 0.497 e. The quantitative estimate of drug-likeness (QED) is 0.698. The lowest BCUT2D eigenvalue weighted by Crippen LogP contribution is -2.46. The minimum absolute atomic E-state index is 0. The Hall–Kier alpha value is -3.12. The average Bonchev–Trinajstić information content (AvgIpc) is 3.38. The van der Waals surface area contributed by atoms with Crippen molar-refractivity contribution in [3.63, 3.8) is 0 Å². The summed E-state index contributed by atoms with van der Waals surface area (Å²) in [6.07, 6.45) is 4.67. The Morgan fingerprint density at radius 2 is 1.90 bits per heavy atom. The van der Waals surface area contributed by atoms with Gasteiger partial charge in [-0.1, -0.05) is 37.8 Å². The van der Waals surface area contributed by atoms with Crippen LogP contribution in [0.2, 0.25) is 0 Å². The molecule has 5 rings (SSSR count). The minimum Gasteiger partial charge on any atom is -0.497 e. The molecule has 6 nitrogen and oxygen atoms in total. The monoisotopic (exact) mass is 418 g/mol. The molecule has 6 heteroatoms. The van der Waals surface area contributed by atoms with E-state index in [0.717, 1.165) is 30.7 Å². The van der Waals surface area contributed by atoms with Crippen molar-refractivity contribution in [2.75, 3.05) is 20.2 Å². The lowest BCUT2D eigenvalue weighted by atomic mass is 9.73. The fraction of sp³-hybridized carbons (Fsp3) is 0.360. The number of hydrogen-bond acceptors (Lipinski definition) is 4. The number of nitrogens with two attached hydrogens (primary N) is 1. The van der Waals surface area contributed by atoms with Gasteiger partial charge in [0, 0.05) is 31.4 Å². The Morgan fingerprint density at radius 3 is 2.65 bits per heavy atom. The second kappa shape index (κ2) is 8.19. The zero-order valence-corrected chi connectivity index (χ0v) is 17.1. The van der Waals surface area contributed by atoms with Gasteiger partial charge in [-0.05, 0) is 54.0 Å². The van der Waals surface area contributed by atoms with E-state index in [1.54, 1.807) is 17.9 Å². The molecule has 1 amide bonds. The molecule has 2 N–H and O–H groups in total. The molecule has 31 heavy (non-hydrogen) atoms. The molecular weight excluding hydrogens is 388 g/mol. The van der Waals surface area contributed by atoms with Gasteiger partial charge in [-0.3, -0.25) is 4.79 Å². The van der Waals surface area contributed by atoms with E-state index in [9.17, 15) is 4.79 Å². The minimum atomic E-state index is -0.0180. The summed E-state index contributed by atoms with van der Waals surface area (Å²) in [5.74, 6) is 0.738. The first kappa shape index (κ1) is 21.1. The molecule has 0 unspecified atom stereocenters. The Balaban J connectivity index is 0.00000231. The third-order valence-electron chi connectivity index (χ3n) is 6.76. The number of hydrogen-bond donors (Lipinski definition) is 1. The number of carbonyl (C=O) groups is 1. The first-order valence-electron chi connectivity index (χ1n) is 10.4. The summed E-state index contributed by atoms with van der Waals surface area (Å²) in [6, 6.07) is 17.9. The fourth-order valence-electron chi connectivity index (χ4n) is 4.96. The van der Waals surface area contributed by atoms with E-state index in [1.165, 1.54) is 11.1 Å². The van der Waals surface area contributed by atoms with Gasteiger partial charge in [-0.15, -0.1) is 0 Å². The van der Waals surface area contributed by atoms with Gasteiger partial charge in [0.1, 0.15) is 5.75 Å². The summed E-state index contributed by atoms with van der Waals surface area (Å²) in [6.45, 7) is 1.43. The van der Waals surface area contributed by atoms with Crippen molar-refractivity contribution in [3.8, 4) is 11.4 Å². The van der Waals surface area contributed by atoms with Gasteiger partial charge in [-0.2, -0.15) is 5.10 Å². The topological polar surface area (TPSA) is 73.4 Å². The van der Waals surface area contributed by atoms with Crippen molar-refractivity contribution in [1.29, 1.82) is 0 Å². The predicted molar refractivity (Wildman–Crippen MR) is 121 cm³/mol. The lowest BCUT2D eigenvalue weighted by Gasteiger charge is -2.42. The highest BCUT2D eigenvalue weighted by molar-refractivity contribution is 5.92. The summed E-state index contributed by atoms with van der Waals surface area (Å²) in [4.78, 5) is 15.0. The molecule has 1 aliphatic carbocycles. The molecule has 0 radical (unpaired) electrons. The van der Waals surface area contributed by atoms with Crippen LogP contribution in [0.5, 0.6) is 5.75 Å². The molecule has 1 fully saturated rings. The van der Waals surface area contributed by atoms with Crippen LogP contribution in [0.3, 0.4) is 0 Å². The average molecular weight is 419 g/mol. The molecule has 2 heterocycles. The second-order valence-electron chi connectivity index (χ2n) is 8.35. The number of likely N-dealkylation sites (tertiary alicyclic amines) is 1. The number of nitrogens with zero attached hydrogens (tertiary/aromatic N) is 3. The zero-order chi connectivity index (χ0) is 20.7. The highest BCUT2D eigenvalue weighted by Crippen LogP contribution is 2.50. The van der Waals surface area contributed by atoms with E-state index in [-0.39, 0.29) is 24.8 Å². The van der Waals surface area contributed by atoms with Gasteiger partial charge in [-0.25, -0.2) is 4.68 Å². The first-order valence-corrected chi connectivity index (χ1v) is 10.4. The second-order valence-corrected chi connectivity index (χ2v) is 8.35. The van der Waals surface area contributed by atoms with Crippen molar-refractivity contribution in [1.82, 2.24) is 14.7 Å². The smallest absolute Gasteiger partial charge is 0.274 e. The Morgan fingerprint density at radius 1 is 1.13 bits per heavy atom. The summed E-state index contributed by atoms with van der Waals surface area (Å²) in [5, 5.41) is 4.51. The molecule has 2 aromatic carbocycles. The van der Waals surface area contributed by atoms with Crippen molar-refractivity contribution < 1.29 is 9.53 Å². The molecule has 0 saturated carbocycles.